The van der Waals surface area contributed by atoms with Crippen LogP contribution in [0.1, 0.15) is 11.1 Å². The van der Waals surface area contributed by atoms with Crippen LogP contribution in [0.5, 0.6) is 0 Å². The molecule has 2 rings (SSSR count). The van der Waals surface area contributed by atoms with Crippen LogP contribution in [-0.4, -0.2) is 23.8 Å². The van der Waals surface area contributed by atoms with E-state index in [4.69, 9.17) is 0 Å². The van der Waals surface area contributed by atoms with Crippen LogP contribution in [0.15, 0.2) is 35.1 Å². The Hall–Kier alpha value is -2.69. The quantitative estimate of drug-likeness (QED) is 0.679. The molecule has 0 saturated heterocycles. The molecule has 0 spiro atoms. The van der Waals surface area contributed by atoms with E-state index in [2.05, 4.69) is 5.32 Å². The van der Waals surface area contributed by atoms with Crippen LogP contribution in [0.3, 0.4) is 0 Å². The Morgan fingerprint density at radius 2 is 2.10 bits per heavy atom. The fourth-order valence-electron chi connectivity index (χ4n) is 2.17. The molecule has 1 amide bonds. The number of nitrogens with zero attached hydrogens (tertiary/aromatic N) is 1. The van der Waals surface area contributed by atoms with Gasteiger partial charge in [-0.3, -0.25) is 9.59 Å². The van der Waals surface area contributed by atoms with E-state index >= 15 is 0 Å². The van der Waals surface area contributed by atoms with Crippen molar-refractivity contribution in [1.29, 1.82) is 0 Å². The molecular weight excluding hydrogens is 268 g/mol. The lowest BCUT2D eigenvalue weighted by molar-refractivity contribution is -0.116. The fourth-order valence-corrected chi connectivity index (χ4v) is 2.17. The van der Waals surface area contributed by atoms with Crippen molar-refractivity contribution in [3.05, 3.63) is 51.8 Å². The predicted molar refractivity (Wildman–Crippen MR) is 82.1 cm³/mol. The van der Waals surface area contributed by atoms with E-state index in [1.807, 2.05) is 25.1 Å². The maximum atomic E-state index is 12.1. The molecule has 21 heavy (non-hydrogen) atoms. The number of aromatic nitrogens is 1. The zero-order valence-corrected chi connectivity index (χ0v) is 11.9. The highest BCUT2D eigenvalue weighted by molar-refractivity contribution is 5.95. The molecule has 2 aromatic rings. The zero-order valence-electron chi connectivity index (χ0n) is 11.9. The standard InChI is InChI=1S/C16H16N2O3/c1-11-3-5-13-12(4-6-15(20)17-2)10-16(21)18(7-8-19)14(13)9-11/h3-6,8-10H,7H2,1-2H3,(H,17,20)/b6-4+. The monoisotopic (exact) mass is 284 g/mol. The molecule has 5 heteroatoms. The number of pyridine rings is 1. The van der Waals surface area contributed by atoms with E-state index in [0.29, 0.717) is 17.4 Å². The van der Waals surface area contributed by atoms with Crippen molar-refractivity contribution in [1.82, 2.24) is 9.88 Å². The Labute approximate surface area is 121 Å². The van der Waals surface area contributed by atoms with E-state index in [9.17, 15) is 14.4 Å². The summed E-state index contributed by atoms with van der Waals surface area (Å²) in [5, 5.41) is 3.30. The molecule has 0 atom stereocenters. The Morgan fingerprint density at radius 3 is 2.76 bits per heavy atom. The highest BCUT2D eigenvalue weighted by Crippen LogP contribution is 2.19. The van der Waals surface area contributed by atoms with Crippen LogP contribution in [0.2, 0.25) is 0 Å². The Kier molecular flexibility index (Phi) is 4.33. The van der Waals surface area contributed by atoms with Crippen molar-refractivity contribution in [2.24, 2.45) is 0 Å². The van der Waals surface area contributed by atoms with Gasteiger partial charge in [0.25, 0.3) is 5.56 Å². The number of aldehydes is 1. The predicted octanol–water partition coefficient (Wildman–Crippen LogP) is 1.27. The Balaban J connectivity index is 2.71. The minimum atomic E-state index is -0.267. The third kappa shape index (κ3) is 3.08. The molecule has 0 bridgehead atoms. The molecule has 0 aliphatic carbocycles. The lowest BCUT2D eigenvalue weighted by atomic mass is 10.1. The summed E-state index contributed by atoms with van der Waals surface area (Å²) >= 11 is 0. The Bertz CT molecular complexity index is 788. The third-order valence-corrected chi connectivity index (χ3v) is 3.22. The number of likely N-dealkylation sites (N-methyl/N-ethyl adjacent to an activating group) is 1. The lowest BCUT2D eigenvalue weighted by Crippen LogP contribution is -2.21. The van der Waals surface area contributed by atoms with E-state index in [-0.39, 0.29) is 18.0 Å². The van der Waals surface area contributed by atoms with Gasteiger partial charge in [-0.15, -0.1) is 0 Å². The summed E-state index contributed by atoms with van der Waals surface area (Å²) in [5.74, 6) is -0.243. The second-order valence-electron chi connectivity index (χ2n) is 4.68. The van der Waals surface area contributed by atoms with E-state index in [1.54, 1.807) is 6.08 Å². The van der Waals surface area contributed by atoms with E-state index in [0.717, 1.165) is 10.9 Å². The average molecular weight is 284 g/mol. The van der Waals surface area contributed by atoms with E-state index in [1.165, 1.54) is 23.8 Å². The molecule has 1 aromatic heterocycles. The minimum Gasteiger partial charge on any atom is -0.356 e. The Morgan fingerprint density at radius 1 is 1.33 bits per heavy atom. The fraction of sp³-hybridized carbons (Fsp3) is 0.188. The van der Waals surface area contributed by atoms with Gasteiger partial charge in [0.1, 0.15) is 6.29 Å². The first-order valence-electron chi connectivity index (χ1n) is 6.54. The van der Waals surface area contributed by atoms with Gasteiger partial charge in [0.2, 0.25) is 5.91 Å². The number of amides is 1. The number of nitrogens with one attached hydrogen (secondary N) is 1. The largest absolute Gasteiger partial charge is 0.356 e. The zero-order chi connectivity index (χ0) is 15.4. The number of hydrogen-bond acceptors (Lipinski definition) is 3. The number of fused-ring (bicyclic) bond motifs is 1. The average Bonchev–Trinajstić information content (AvgIpc) is 2.47. The first kappa shape index (κ1) is 14.7. The molecule has 1 N–H and O–H groups in total. The van der Waals surface area contributed by atoms with Crippen molar-refractivity contribution >= 4 is 29.2 Å². The molecule has 1 heterocycles. The van der Waals surface area contributed by atoms with Gasteiger partial charge in [-0.25, -0.2) is 0 Å². The number of benzene rings is 1. The third-order valence-electron chi connectivity index (χ3n) is 3.22. The number of carbonyl (C=O) groups excluding carboxylic acids is 2. The maximum absolute atomic E-state index is 12.1. The summed E-state index contributed by atoms with van der Waals surface area (Å²) in [7, 11) is 1.54. The van der Waals surface area contributed by atoms with Crippen LogP contribution >= 0.6 is 0 Å². The molecule has 0 saturated carbocycles. The highest BCUT2D eigenvalue weighted by Gasteiger charge is 2.07. The number of aryl methyl sites for hydroxylation is 1. The molecular formula is C16H16N2O3. The SMILES string of the molecule is CNC(=O)/C=C/c1cc(=O)n(CC=O)c2cc(C)ccc12. The maximum Gasteiger partial charge on any atom is 0.252 e. The first-order chi connectivity index (χ1) is 10.1. The summed E-state index contributed by atoms with van der Waals surface area (Å²) in [6, 6.07) is 7.10. The van der Waals surface area contributed by atoms with Gasteiger partial charge >= 0.3 is 0 Å². The van der Waals surface area contributed by atoms with Crippen LogP contribution < -0.4 is 10.9 Å². The van der Waals surface area contributed by atoms with Gasteiger partial charge in [-0.1, -0.05) is 12.1 Å². The molecule has 5 nitrogen and oxygen atoms in total. The smallest absolute Gasteiger partial charge is 0.252 e. The molecule has 108 valence electrons. The molecule has 0 aliphatic rings. The van der Waals surface area contributed by atoms with Gasteiger partial charge in [0, 0.05) is 24.6 Å². The first-order valence-corrected chi connectivity index (χ1v) is 6.54. The van der Waals surface area contributed by atoms with Crippen molar-refractivity contribution in [3.8, 4) is 0 Å². The molecule has 0 aliphatic heterocycles. The highest BCUT2D eigenvalue weighted by atomic mass is 16.1. The van der Waals surface area contributed by atoms with Gasteiger partial charge in [-0.2, -0.15) is 0 Å². The van der Waals surface area contributed by atoms with Crippen LogP contribution in [-0.2, 0) is 16.1 Å². The van der Waals surface area contributed by atoms with Crippen molar-refractivity contribution < 1.29 is 9.59 Å². The van der Waals surface area contributed by atoms with Crippen LogP contribution in [0.4, 0.5) is 0 Å². The van der Waals surface area contributed by atoms with Crippen molar-refractivity contribution in [2.45, 2.75) is 13.5 Å². The van der Waals surface area contributed by atoms with Crippen LogP contribution in [0.25, 0.3) is 17.0 Å². The normalized spacial score (nSPS) is 11.0. The van der Waals surface area contributed by atoms with Crippen LogP contribution in [0, 0.1) is 6.92 Å². The summed E-state index contributed by atoms with van der Waals surface area (Å²) in [5.41, 5.74) is 2.07. The molecule has 1 aromatic carbocycles. The molecule has 0 radical (unpaired) electrons. The van der Waals surface area contributed by atoms with Gasteiger partial charge in [0.15, 0.2) is 0 Å². The minimum absolute atomic E-state index is 0.0121. The summed E-state index contributed by atoms with van der Waals surface area (Å²) < 4.78 is 1.42. The molecule has 0 unspecified atom stereocenters. The van der Waals surface area contributed by atoms with Crippen molar-refractivity contribution in [3.63, 3.8) is 0 Å². The van der Waals surface area contributed by atoms with Gasteiger partial charge in [0.05, 0.1) is 12.1 Å². The topological polar surface area (TPSA) is 68.2 Å². The van der Waals surface area contributed by atoms with Gasteiger partial charge in [-0.05, 0) is 30.2 Å². The molecule has 0 fully saturated rings. The summed E-state index contributed by atoms with van der Waals surface area (Å²) in [6.07, 6.45) is 3.67. The second-order valence-corrected chi connectivity index (χ2v) is 4.68. The summed E-state index contributed by atoms with van der Waals surface area (Å²) in [4.78, 5) is 34.2. The van der Waals surface area contributed by atoms with Gasteiger partial charge < -0.3 is 14.7 Å². The lowest BCUT2D eigenvalue weighted by Gasteiger charge is -2.10. The number of hydrogen-bond donors (Lipinski definition) is 1. The van der Waals surface area contributed by atoms with E-state index < -0.39 is 0 Å². The number of carbonyl (C=O) groups is 2. The second kappa shape index (κ2) is 6.17. The number of rotatable bonds is 4. The summed E-state index contributed by atoms with van der Waals surface area (Å²) in [6.45, 7) is 1.93. The van der Waals surface area contributed by atoms with Crippen molar-refractivity contribution in [2.75, 3.05) is 7.05 Å².